The van der Waals surface area contributed by atoms with E-state index in [1.165, 1.54) is 11.1 Å². The van der Waals surface area contributed by atoms with Crippen LogP contribution in [-0.4, -0.2) is 23.7 Å². The summed E-state index contributed by atoms with van der Waals surface area (Å²) in [6.45, 7) is 0.684. The molecule has 0 aromatic heterocycles. The Balaban J connectivity index is 0.00000338. The summed E-state index contributed by atoms with van der Waals surface area (Å²) in [5.41, 5.74) is 8.05. The molecule has 1 unspecified atom stereocenters. The molecule has 1 atom stereocenters. The van der Waals surface area contributed by atoms with Gasteiger partial charge in [0.05, 0.1) is 6.61 Å². The normalized spacial score (nSPS) is 11.4. The number of aliphatic carboxylic acids is 1. The van der Waals surface area contributed by atoms with Gasteiger partial charge in [0.2, 0.25) is 0 Å². The van der Waals surface area contributed by atoms with Gasteiger partial charge in [0.25, 0.3) is 0 Å². The van der Waals surface area contributed by atoms with E-state index >= 15 is 0 Å². The lowest BCUT2D eigenvalue weighted by Crippen LogP contribution is -2.29. The van der Waals surface area contributed by atoms with Crippen molar-refractivity contribution in [2.24, 2.45) is 5.73 Å². The van der Waals surface area contributed by atoms with Crippen molar-refractivity contribution in [3.8, 4) is 5.75 Å². The van der Waals surface area contributed by atoms with E-state index < -0.39 is 12.0 Å². The minimum absolute atomic E-state index is 0. The molecule has 4 nitrogen and oxygen atoms in total. The summed E-state index contributed by atoms with van der Waals surface area (Å²) < 4.78 is 5.76. The molecule has 26 heavy (non-hydrogen) atoms. The van der Waals surface area contributed by atoms with Crippen molar-refractivity contribution in [1.29, 1.82) is 0 Å². The van der Waals surface area contributed by atoms with E-state index in [9.17, 15) is 4.79 Å². The van der Waals surface area contributed by atoms with Gasteiger partial charge in [0.1, 0.15) is 11.8 Å². The second kappa shape index (κ2) is 12.5. The molecule has 2 aromatic rings. The maximum absolute atomic E-state index is 10.6. The van der Waals surface area contributed by atoms with E-state index in [1.807, 2.05) is 18.2 Å². The quantitative estimate of drug-likeness (QED) is 0.520. The molecule has 0 saturated carbocycles. The van der Waals surface area contributed by atoms with E-state index in [0.717, 1.165) is 37.9 Å². The number of halogens is 1. The number of ether oxygens (including phenoxy) is 1. The lowest BCUT2D eigenvalue weighted by Gasteiger charge is -2.08. The second-order valence-electron chi connectivity index (χ2n) is 6.30. The molecule has 0 amide bonds. The van der Waals surface area contributed by atoms with Gasteiger partial charge in [-0.3, -0.25) is 4.79 Å². The first-order valence-corrected chi connectivity index (χ1v) is 8.89. The van der Waals surface area contributed by atoms with Crippen molar-refractivity contribution in [3.63, 3.8) is 0 Å². The number of rotatable bonds is 11. The number of benzene rings is 2. The molecule has 0 aliphatic rings. The fraction of sp³-hybridized carbons (Fsp3) is 0.381. The van der Waals surface area contributed by atoms with Crippen LogP contribution in [0.3, 0.4) is 0 Å². The van der Waals surface area contributed by atoms with Crippen LogP contribution in [0.5, 0.6) is 5.75 Å². The van der Waals surface area contributed by atoms with Crippen LogP contribution in [0.4, 0.5) is 0 Å². The molecule has 0 fully saturated rings. The zero-order valence-corrected chi connectivity index (χ0v) is 16.7. The van der Waals surface area contributed by atoms with Crippen molar-refractivity contribution in [2.45, 2.75) is 44.6 Å². The Morgan fingerprint density at radius 1 is 0.923 bits per heavy atom. The lowest BCUT2D eigenvalue weighted by molar-refractivity contribution is -0.138. The monoisotopic (exact) mass is 421 g/mol. The second-order valence-corrected chi connectivity index (χ2v) is 6.30. The number of carbonyl (C=O) groups is 1. The van der Waals surface area contributed by atoms with E-state index in [-0.39, 0.29) is 17.0 Å². The zero-order chi connectivity index (χ0) is 17.9. The zero-order valence-electron chi connectivity index (χ0n) is 15.0. The topological polar surface area (TPSA) is 72.5 Å². The Bertz CT molecular complexity index is 631. The molecule has 2 rings (SSSR count). The molecule has 0 bridgehead atoms. The maximum Gasteiger partial charge on any atom is 0.320 e. The van der Waals surface area contributed by atoms with Gasteiger partial charge in [0, 0.05) is 0 Å². The number of hydrogen-bond donors (Lipinski definition) is 2. The van der Waals surface area contributed by atoms with Gasteiger partial charge in [-0.15, -0.1) is 17.0 Å². The highest BCUT2D eigenvalue weighted by atomic mass is 79.9. The number of hydrogen-bond acceptors (Lipinski definition) is 3. The van der Waals surface area contributed by atoms with E-state index in [2.05, 4.69) is 36.4 Å². The van der Waals surface area contributed by atoms with Gasteiger partial charge >= 0.3 is 5.97 Å². The molecular formula is C21H28BrNO3. The minimum atomic E-state index is -0.918. The first kappa shape index (κ1) is 22.2. The van der Waals surface area contributed by atoms with Crippen LogP contribution in [0.15, 0.2) is 54.6 Å². The fourth-order valence-electron chi connectivity index (χ4n) is 2.67. The SMILES string of the molecule is Br.NC(CCCCCCOc1ccc(Cc2ccccc2)cc1)C(=O)O. The van der Waals surface area contributed by atoms with E-state index in [0.29, 0.717) is 13.0 Å². The first-order chi connectivity index (χ1) is 12.1. The predicted octanol–water partition coefficient (Wildman–Crippen LogP) is 4.60. The Morgan fingerprint density at radius 3 is 2.19 bits per heavy atom. The molecule has 0 heterocycles. The van der Waals surface area contributed by atoms with Crippen LogP contribution in [0.1, 0.15) is 43.2 Å². The first-order valence-electron chi connectivity index (χ1n) is 8.89. The largest absolute Gasteiger partial charge is 0.494 e. The molecule has 0 aliphatic heterocycles. The molecule has 2 aromatic carbocycles. The summed E-state index contributed by atoms with van der Waals surface area (Å²) in [5.74, 6) is -0.0243. The summed E-state index contributed by atoms with van der Waals surface area (Å²) in [5, 5.41) is 8.71. The summed E-state index contributed by atoms with van der Waals surface area (Å²) in [6.07, 6.45) is 5.30. The van der Waals surface area contributed by atoms with Gasteiger partial charge in [-0.2, -0.15) is 0 Å². The summed E-state index contributed by atoms with van der Waals surface area (Å²) >= 11 is 0. The van der Waals surface area contributed by atoms with Crippen LogP contribution in [-0.2, 0) is 11.2 Å². The van der Waals surface area contributed by atoms with Crippen LogP contribution in [0.2, 0.25) is 0 Å². The third kappa shape index (κ3) is 8.50. The third-order valence-electron chi connectivity index (χ3n) is 4.17. The smallest absolute Gasteiger partial charge is 0.320 e. The van der Waals surface area contributed by atoms with Crippen molar-refractivity contribution in [2.75, 3.05) is 6.61 Å². The average Bonchev–Trinajstić information content (AvgIpc) is 2.63. The Kier molecular flexibility index (Phi) is 10.7. The highest BCUT2D eigenvalue weighted by Gasteiger charge is 2.09. The van der Waals surface area contributed by atoms with Gasteiger partial charge < -0.3 is 15.6 Å². The van der Waals surface area contributed by atoms with Crippen LogP contribution < -0.4 is 10.5 Å². The third-order valence-corrected chi connectivity index (χ3v) is 4.17. The average molecular weight is 422 g/mol. The fourth-order valence-corrected chi connectivity index (χ4v) is 2.67. The number of carboxylic acid groups (broad SMARTS) is 1. The van der Waals surface area contributed by atoms with Gasteiger partial charge in [-0.1, -0.05) is 61.7 Å². The van der Waals surface area contributed by atoms with Crippen LogP contribution >= 0.6 is 17.0 Å². The van der Waals surface area contributed by atoms with Crippen molar-refractivity contribution < 1.29 is 14.6 Å². The molecule has 0 saturated heterocycles. The highest BCUT2D eigenvalue weighted by molar-refractivity contribution is 8.93. The van der Waals surface area contributed by atoms with Crippen molar-refractivity contribution in [3.05, 3.63) is 65.7 Å². The number of unbranched alkanes of at least 4 members (excludes halogenated alkanes) is 3. The summed E-state index contributed by atoms with van der Waals surface area (Å²) in [7, 11) is 0. The molecule has 0 radical (unpaired) electrons. The Hall–Kier alpha value is -1.85. The number of carboxylic acids is 1. The summed E-state index contributed by atoms with van der Waals surface area (Å²) in [6, 6.07) is 17.9. The minimum Gasteiger partial charge on any atom is -0.494 e. The predicted molar refractivity (Wildman–Crippen MR) is 110 cm³/mol. The molecule has 0 aliphatic carbocycles. The summed E-state index contributed by atoms with van der Waals surface area (Å²) in [4.78, 5) is 10.6. The van der Waals surface area contributed by atoms with Crippen molar-refractivity contribution in [1.82, 2.24) is 0 Å². The van der Waals surface area contributed by atoms with Crippen LogP contribution in [0, 0.1) is 0 Å². The van der Waals surface area contributed by atoms with Gasteiger partial charge in [-0.05, 0) is 42.5 Å². The molecule has 142 valence electrons. The molecule has 5 heteroatoms. The maximum atomic E-state index is 10.6. The van der Waals surface area contributed by atoms with Crippen molar-refractivity contribution >= 4 is 23.0 Å². The lowest BCUT2D eigenvalue weighted by atomic mass is 10.1. The van der Waals surface area contributed by atoms with Crippen LogP contribution in [0.25, 0.3) is 0 Å². The number of nitrogens with two attached hydrogens (primary N) is 1. The Labute approximate surface area is 166 Å². The van der Waals surface area contributed by atoms with Gasteiger partial charge in [-0.25, -0.2) is 0 Å². The standard InChI is InChI=1S/C21H27NO3.BrH/c22-20(21(23)24)10-6-1-2-7-15-25-19-13-11-18(12-14-19)16-17-8-4-3-5-9-17;/h3-5,8-9,11-14,20H,1-2,6-7,10,15-16,22H2,(H,23,24);1H. The Morgan fingerprint density at radius 2 is 1.54 bits per heavy atom. The molecule has 0 spiro atoms. The van der Waals surface area contributed by atoms with E-state index in [4.69, 9.17) is 15.6 Å². The highest BCUT2D eigenvalue weighted by Crippen LogP contribution is 2.16. The molecular weight excluding hydrogens is 394 g/mol. The van der Waals surface area contributed by atoms with E-state index in [1.54, 1.807) is 0 Å². The van der Waals surface area contributed by atoms with Gasteiger partial charge in [0.15, 0.2) is 0 Å². The molecule has 3 N–H and O–H groups in total.